The SMILES string of the molecule is CCSCCNCCP(c1ccccc1)c1ccccc1.CP(C)(C)(Cl)Cl.[Ru]. The third-order valence-corrected chi connectivity index (χ3v) is 6.69. The normalized spacial score (nSPS) is 12.3. The molecule has 0 radical (unpaired) electrons. The Morgan fingerprint density at radius 1 is 0.857 bits per heavy atom. The molecule has 2 aromatic carbocycles. The fraction of sp³-hybridized carbons (Fsp3) is 0.429. The van der Waals surface area contributed by atoms with Gasteiger partial charge in [0.15, 0.2) is 0 Å². The van der Waals surface area contributed by atoms with Crippen molar-refractivity contribution in [1.82, 2.24) is 5.32 Å². The number of hydrogen-bond donors (Lipinski definition) is 1. The summed E-state index contributed by atoms with van der Waals surface area (Å²) < 4.78 is 0. The smallest absolute Gasteiger partial charge is 0 e. The molecular formula is C21H33Cl2NP2RuS. The number of benzene rings is 2. The molecule has 0 aliphatic rings. The Labute approximate surface area is 200 Å². The molecule has 0 spiro atoms. The van der Waals surface area contributed by atoms with E-state index in [0.29, 0.717) is 0 Å². The van der Waals surface area contributed by atoms with Crippen molar-refractivity contribution in [3.63, 3.8) is 0 Å². The first kappa shape index (κ1) is 28.8. The zero-order chi connectivity index (χ0) is 20.2. The molecule has 0 atom stereocenters. The monoisotopic (exact) mass is 565 g/mol. The molecule has 2 rings (SSSR count). The van der Waals surface area contributed by atoms with E-state index in [2.05, 4.69) is 72.9 Å². The molecule has 0 bridgehead atoms. The van der Waals surface area contributed by atoms with E-state index in [1.165, 1.54) is 28.3 Å². The molecule has 1 N–H and O–H groups in total. The van der Waals surface area contributed by atoms with Crippen LogP contribution in [0.3, 0.4) is 0 Å². The quantitative estimate of drug-likeness (QED) is 0.221. The van der Waals surface area contributed by atoms with Crippen molar-refractivity contribution in [3.8, 4) is 0 Å². The molecule has 0 saturated carbocycles. The Bertz CT molecular complexity index is 581. The Morgan fingerprint density at radius 3 is 1.68 bits per heavy atom. The molecule has 7 heteroatoms. The Morgan fingerprint density at radius 2 is 1.29 bits per heavy atom. The zero-order valence-corrected chi connectivity index (χ0v) is 23.1. The molecule has 0 heterocycles. The largest absolute Gasteiger partial charge is 0 e. The Balaban J connectivity index is 0.000000910. The first-order chi connectivity index (χ1) is 12.7. The van der Waals surface area contributed by atoms with Gasteiger partial charge in [-0.15, -0.1) is 0 Å². The number of nitrogens with one attached hydrogen (secondary N) is 1. The van der Waals surface area contributed by atoms with Crippen molar-refractivity contribution in [1.29, 1.82) is 0 Å². The van der Waals surface area contributed by atoms with Crippen molar-refractivity contribution < 1.29 is 19.5 Å². The topological polar surface area (TPSA) is 12.0 Å². The van der Waals surface area contributed by atoms with E-state index in [1.54, 1.807) is 0 Å². The average Bonchev–Trinajstić information content (AvgIpc) is 2.60. The van der Waals surface area contributed by atoms with Crippen LogP contribution in [0, 0.1) is 0 Å². The summed E-state index contributed by atoms with van der Waals surface area (Å²) in [6, 6.07) is 21.9. The number of rotatable bonds is 9. The molecule has 0 fully saturated rings. The van der Waals surface area contributed by atoms with Crippen LogP contribution >= 0.6 is 47.5 Å². The third kappa shape index (κ3) is 16.6. The molecule has 2 aromatic rings. The fourth-order valence-electron chi connectivity index (χ4n) is 2.23. The van der Waals surface area contributed by atoms with Gasteiger partial charge in [0.1, 0.15) is 0 Å². The zero-order valence-electron chi connectivity index (χ0n) is 17.2. The van der Waals surface area contributed by atoms with Gasteiger partial charge in [0.25, 0.3) is 0 Å². The summed E-state index contributed by atoms with van der Waals surface area (Å²) in [5, 5.41) is 4.43. The van der Waals surface area contributed by atoms with Gasteiger partial charge in [0, 0.05) is 31.8 Å². The molecule has 0 aromatic heterocycles. The minimum absolute atomic E-state index is 0. The average molecular weight is 565 g/mol. The van der Waals surface area contributed by atoms with Crippen LogP contribution in [0.25, 0.3) is 0 Å². The van der Waals surface area contributed by atoms with E-state index in [4.69, 9.17) is 22.5 Å². The van der Waals surface area contributed by atoms with Crippen LogP contribution in [0.1, 0.15) is 6.92 Å². The predicted octanol–water partition coefficient (Wildman–Crippen LogP) is 6.20. The molecule has 0 aliphatic carbocycles. The van der Waals surface area contributed by atoms with Gasteiger partial charge in [-0.2, -0.15) is 11.8 Å². The second-order valence-electron chi connectivity index (χ2n) is 7.19. The summed E-state index contributed by atoms with van der Waals surface area (Å²) in [7, 11) is -0.245. The third-order valence-electron chi connectivity index (χ3n) is 3.28. The molecule has 28 heavy (non-hydrogen) atoms. The molecule has 0 saturated heterocycles. The van der Waals surface area contributed by atoms with Crippen molar-refractivity contribution in [2.24, 2.45) is 0 Å². The van der Waals surface area contributed by atoms with Gasteiger partial charge in [-0.3, -0.25) is 0 Å². The minimum Gasteiger partial charge on any atom is 0 e. The van der Waals surface area contributed by atoms with Crippen LogP contribution in [-0.4, -0.2) is 50.8 Å². The Hall–Kier alpha value is 0.813. The van der Waals surface area contributed by atoms with Crippen LogP contribution in [0.4, 0.5) is 0 Å². The summed E-state index contributed by atoms with van der Waals surface area (Å²) in [5.74, 6) is 2.42. The van der Waals surface area contributed by atoms with Crippen LogP contribution in [-0.2, 0) is 19.5 Å². The van der Waals surface area contributed by atoms with Gasteiger partial charge in [-0.05, 0) is 37.0 Å². The van der Waals surface area contributed by atoms with E-state index in [0.717, 1.165) is 13.1 Å². The van der Waals surface area contributed by atoms with E-state index >= 15 is 0 Å². The standard InChI is InChI=1S/C18H24NPS.C3H9Cl2P.Ru/c1-2-21-16-14-19-13-15-20(17-9-5-3-6-10-17)18-11-7-4-8-12-18;1-6(2,3,4)5;/h3-12,19H,2,13-16H2,1H3;1-3H3;. The van der Waals surface area contributed by atoms with Crippen LogP contribution in [0.2, 0.25) is 0 Å². The van der Waals surface area contributed by atoms with Gasteiger partial charge in [-0.25, -0.2) is 0 Å². The van der Waals surface area contributed by atoms with Gasteiger partial charge < -0.3 is 5.32 Å². The van der Waals surface area contributed by atoms with E-state index in [-0.39, 0.29) is 27.4 Å². The number of thioether (sulfide) groups is 1. The molecule has 1 nitrogen and oxygen atoms in total. The minimum atomic E-state index is -2.11. The summed E-state index contributed by atoms with van der Waals surface area (Å²) in [6.07, 6.45) is 1.21. The van der Waals surface area contributed by atoms with Crippen LogP contribution in [0.15, 0.2) is 60.7 Å². The Kier molecular flexibility index (Phi) is 15.2. The molecule has 160 valence electrons. The summed E-state index contributed by atoms with van der Waals surface area (Å²) >= 11 is 13.4. The maximum atomic E-state index is 5.68. The van der Waals surface area contributed by atoms with Gasteiger partial charge >= 0.3 is 47.8 Å². The van der Waals surface area contributed by atoms with E-state index in [9.17, 15) is 0 Å². The first-order valence-electron chi connectivity index (χ1n) is 9.26. The number of halogens is 2. The maximum Gasteiger partial charge on any atom is 0 e. The second-order valence-corrected chi connectivity index (χ2v) is 23.4. The molecule has 0 unspecified atom stereocenters. The predicted molar refractivity (Wildman–Crippen MR) is 136 cm³/mol. The summed E-state index contributed by atoms with van der Waals surface area (Å²) in [6.45, 7) is 10.0. The molecule has 0 aliphatic heterocycles. The fourth-order valence-corrected chi connectivity index (χ4v) is 5.07. The summed E-state index contributed by atoms with van der Waals surface area (Å²) in [4.78, 5) is 0. The first-order valence-corrected chi connectivity index (χ1v) is 17.3. The van der Waals surface area contributed by atoms with Gasteiger partial charge in [-0.1, -0.05) is 67.6 Å². The van der Waals surface area contributed by atoms with E-state index < -0.39 is 5.31 Å². The van der Waals surface area contributed by atoms with Crippen molar-refractivity contribution in [2.45, 2.75) is 6.92 Å². The van der Waals surface area contributed by atoms with Crippen molar-refractivity contribution in [3.05, 3.63) is 60.7 Å². The van der Waals surface area contributed by atoms with Gasteiger partial charge in [0.05, 0.1) is 0 Å². The van der Waals surface area contributed by atoms with Crippen molar-refractivity contribution in [2.75, 3.05) is 50.8 Å². The molecule has 0 amide bonds. The van der Waals surface area contributed by atoms with Crippen LogP contribution < -0.4 is 15.9 Å². The molecular weight excluding hydrogens is 532 g/mol. The maximum absolute atomic E-state index is 5.68. The van der Waals surface area contributed by atoms with E-state index in [1.807, 2.05) is 31.8 Å². The summed E-state index contributed by atoms with van der Waals surface area (Å²) in [5.41, 5.74) is 0. The van der Waals surface area contributed by atoms with Crippen LogP contribution in [0.5, 0.6) is 0 Å². The second kappa shape index (κ2) is 14.8. The van der Waals surface area contributed by atoms with Gasteiger partial charge in [0.2, 0.25) is 0 Å². The number of hydrogen-bond acceptors (Lipinski definition) is 2. The van der Waals surface area contributed by atoms with Crippen molar-refractivity contribution >= 4 is 58.1 Å².